The van der Waals surface area contributed by atoms with Crippen LogP contribution in [0.15, 0.2) is 42.5 Å². The molecule has 1 fully saturated rings. The molecule has 1 aliphatic rings. The first-order chi connectivity index (χ1) is 13.5. The summed E-state index contributed by atoms with van der Waals surface area (Å²) in [6.07, 6.45) is 2.07. The Kier molecular flexibility index (Phi) is 6.34. The second kappa shape index (κ2) is 8.91. The first-order valence-electron chi connectivity index (χ1n) is 9.21. The molecule has 0 aromatic heterocycles. The van der Waals surface area contributed by atoms with Gasteiger partial charge in [-0.25, -0.2) is 13.2 Å². The largest absolute Gasteiger partial charge is 0.353 e. The maximum Gasteiger partial charge on any atom is 0.256 e. The Labute approximate surface area is 161 Å². The fourth-order valence-corrected chi connectivity index (χ4v) is 3.29. The number of likely N-dealkylation sites (tertiary alicyclic amines) is 1. The molecule has 0 aliphatic carbocycles. The van der Waals surface area contributed by atoms with Crippen LogP contribution in [0.1, 0.15) is 35.2 Å². The summed E-state index contributed by atoms with van der Waals surface area (Å²) in [6, 6.07) is 11.3. The van der Waals surface area contributed by atoms with Gasteiger partial charge in [-0.1, -0.05) is 30.3 Å². The van der Waals surface area contributed by atoms with E-state index in [-0.39, 0.29) is 11.9 Å². The van der Waals surface area contributed by atoms with Crippen molar-refractivity contribution in [3.8, 4) is 0 Å². The van der Waals surface area contributed by atoms with Gasteiger partial charge in [0.1, 0.15) is 0 Å². The molecular weight excluding hydrogens is 369 g/mol. The van der Waals surface area contributed by atoms with Crippen LogP contribution < -0.4 is 5.32 Å². The molecule has 2 amide bonds. The fraction of sp³-hybridized carbons (Fsp3) is 0.333. The second-order valence-electron chi connectivity index (χ2n) is 6.84. The van der Waals surface area contributed by atoms with Gasteiger partial charge >= 0.3 is 0 Å². The number of benzene rings is 2. The Bertz CT molecular complexity index is 850. The Balaban J connectivity index is 1.48. The third-order valence-electron chi connectivity index (χ3n) is 4.90. The van der Waals surface area contributed by atoms with Crippen LogP contribution in [0.4, 0.5) is 13.2 Å². The van der Waals surface area contributed by atoms with E-state index in [9.17, 15) is 22.8 Å². The zero-order valence-corrected chi connectivity index (χ0v) is 15.3. The van der Waals surface area contributed by atoms with Crippen LogP contribution in [0.2, 0.25) is 0 Å². The number of carbonyl (C=O) groups is 2. The number of hydrogen-bond donors (Lipinski definition) is 1. The van der Waals surface area contributed by atoms with Crippen LogP contribution in [0.25, 0.3) is 0 Å². The molecule has 2 aromatic rings. The van der Waals surface area contributed by atoms with Gasteiger partial charge in [0.15, 0.2) is 17.5 Å². The predicted molar refractivity (Wildman–Crippen MR) is 98.1 cm³/mol. The molecule has 3 rings (SSSR count). The van der Waals surface area contributed by atoms with Crippen LogP contribution in [-0.4, -0.2) is 35.8 Å². The number of carbonyl (C=O) groups excluding carboxylic acids is 2. The van der Waals surface area contributed by atoms with Gasteiger partial charge in [0.2, 0.25) is 5.91 Å². The number of piperidine rings is 1. The predicted octanol–water partition coefficient (Wildman–Crippen LogP) is 3.46. The van der Waals surface area contributed by atoms with Crippen molar-refractivity contribution in [1.82, 2.24) is 10.2 Å². The summed E-state index contributed by atoms with van der Waals surface area (Å²) < 4.78 is 40.2. The number of amides is 2. The first kappa shape index (κ1) is 19.9. The zero-order valence-electron chi connectivity index (χ0n) is 15.3. The quantitative estimate of drug-likeness (QED) is 0.795. The number of rotatable bonds is 5. The molecule has 0 unspecified atom stereocenters. The number of aryl methyl sites for hydroxylation is 1. The lowest BCUT2D eigenvalue weighted by Gasteiger charge is -2.32. The van der Waals surface area contributed by atoms with E-state index in [1.165, 1.54) is 4.90 Å². The van der Waals surface area contributed by atoms with Gasteiger partial charge in [0.05, 0.1) is 5.56 Å². The third kappa shape index (κ3) is 4.71. The van der Waals surface area contributed by atoms with E-state index in [4.69, 9.17) is 0 Å². The number of halogens is 3. The maximum absolute atomic E-state index is 13.8. The minimum Gasteiger partial charge on any atom is -0.353 e. The summed E-state index contributed by atoms with van der Waals surface area (Å²) in [5, 5.41) is 2.96. The highest BCUT2D eigenvalue weighted by Crippen LogP contribution is 2.19. The van der Waals surface area contributed by atoms with Crippen LogP contribution in [0.5, 0.6) is 0 Å². The van der Waals surface area contributed by atoms with Crippen molar-refractivity contribution in [3.63, 3.8) is 0 Å². The van der Waals surface area contributed by atoms with Crippen LogP contribution in [-0.2, 0) is 11.2 Å². The monoisotopic (exact) mass is 390 g/mol. The highest BCUT2D eigenvalue weighted by molar-refractivity contribution is 5.94. The lowest BCUT2D eigenvalue weighted by Crippen LogP contribution is -2.46. The molecule has 0 saturated carbocycles. The van der Waals surface area contributed by atoms with Crippen LogP contribution in [0.3, 0.4) is 0 Å². The van der Waals surface area contributed by atoms with E-state index in [2.05, 4.69) is 5.32 Å². The van der Waals surface area contributed by atoms with Gasteiger partial charge in [-0.15, -0.1) is 0 Å². The smallest absolute Gasteiger partial charge is 0.256 e. The van der Waals surface area contributed by atoms with Crippen molar-refractivity contribution in [1.29, 1.82) is 0 Å². The highest BCUT2D eigenvalue weighted by Gasteiger charge is 2.27. The normalized spacial score (nSPS) is 14.8. The topological polar surface area (TPSA) is 49.4 Å². The molecule has 0 spiro atoms. The number of nitrogens with one attached hydrogen (secondary N) is 1. The van der Waals surface area contributed by atoms with Gasteiger partial charge in [-0.05, 0) is 37.0 Å². The Morgan fingerprint density at radius 1 is 0.964 bits per heavy atom. The summed E-state index contributed by atoms with van der Waals surface area (Å²) in [4.78, 5) is 25.9. The van der Waals surface area contributed by atoms with Crippen molar-refractivity contribution in [3.05, 3.63) is 71.0 Å². The van der Waals surface area contributed by atoms with Crippen LogP contribution in [0, 0.1) is 17.5 Å². The number of nitrogens with zero attached hydrogens (tertiary/aromatic N) is 1. The molecule has 1 heterocycles. The molecule has 1 saturated heterocycles. The lowest BCUT2D eigenvalue weighted by molar-refractivity contribution is -0.122. The van der Waals surface area contributed by atoms with Crippen molar-refractivity contribution in [2.24, 2.45) is 0 Å². The average Bonchev–Trinajstić information content (AvgIpc) is 2.71. The molecule has 2 aromatic carbocycles. The SMILES string of the molecule is O=C(CCc1ccccc1)NC1CCN(C(=O)c2ccc(F)c(F)c2F)CC1. The van der Waals surface area contributed by atoms with Crippen LogP contribution >= 0.6 is 0 Å². The third-order valence-corrected chi connectivity index (χ3v) is 4.90. The first-order valence-corrected chi connectivity index (χ1v) is 9.21. The Morgan fingerprint density at radius 2 is 1.64 bits per heavy atom. The minimum absolute atomic E-state index is 0.0553. The van der Waals surface area contributed by atoms with Crippen molar-refractivity contribution in [2.75, 3.05) is 13.1 Å². The molecule has 7 heteroatoms. The fourth-order valence-electron chi connectivity index (χ4n) is 3.29. The average molecular weight is 390 g/mol. The molecule has 0 radical (unpaired) electrons. The maximum atomic E-state index is 13.8. The van der Waals surface area contributed by atoms with E-state index in [1.54, 1.807) is 0 Å². The van der Waals surface area contributed by atoms with Gasteiger partial charge in [-0.2, -0.15) is 0 Å². The molecule has 4 nitrogen and oxygen atoms in total. The van der Waals surface area contributed by atoms with E-state index in [0.717, 1.165) is 17.7 Å². The van der Waals surface area contributed by atoms with Crippen molar-refractivity contribution >= 4 is 11.8 Å². The molecule has 1 aliphatic heterocycles. The number of hydrogen-bond acceptors (Lipinski definition) is 2. The van der Waals surface area contributed by atoms with E-state index < -0.39 is 28.9 Å². The molecule has 28 heavy (non-hydrogen) atoms. The van der Waals surface area contributed by atoms with Gasteiger partial charge < -0.3 is 10.2 Å². The summed E-state index contributed by atoms with van der Waals surface area (Å²) in [5.74, 6) is -5.18. The van der Waals surface area contributed by atoms with Crippen molar-refractivity contribution < 1.29 is 22.8 Å². The van der Waals surface area contributed by atoms with Crippen molar-refractivity contribution in [2.45, 2.75) is 31.7 Å². The summed E-state index contributed by atoms with van der Waals surface area (Å²) in [7, 11) is 0. The summed E-state index contributed by atoms with van der Waals surface area (Å²) in [5.41, 5.74) is 0.607. The molecule has 148 valence electrons. The Morgan fingerprint density at radius 3 is 2.32 bits per heavy atom. The molecule has 0 atom stereocenters. The lowest BCUT2D eigenvalue weighted by atomic mass is 10.0. The minimum atomic E-state index is -1.65. The standard InChI is InChI=1S/C21H21F3N2O2/c22-17-8-7-16(19(23)20(17)24)21(28)26-12-10-15(11-13-26)25-18(27)9-6-14-4-2-1-3-5-14/h1-5,7-8,15H,6,9-13H2,(H,25,27). The van der Waals surface area contributed by atoms with E-state index in [1.807, 2.05) is 30.3 Å². The molecule has 1 N–H and O–H groups in total. The summed E-state index contributed by atoms with van der Waals surface area (Å²) >= 11 is 0. The van der Waals surface area contributed by atoms with Gasteiger partial charge in [0, 0.05) is 25.6 Å². The molecule has 0 bridgehead atoms. The highest BCUT2D eigenvalue weighted by atomic mass is 19.2. The Hall–Kier alpha value is -2.83. The molecular formula is C21H21F3N2O2. The van der Waals surface area contributed by atoms with E-state index in [0.29, 0.717) is 38.8 Å². The second-order valence-corrected chi connectivity index (χ2v) is 6.84. The van der Waals surface area contributed by atoms with Gasteiger partial charge in [-0.3, -0.25) is 9.59 Å². The van der Waals surface area contributed by atoms with Gasteiger partial charge in [0.25, 0.3) is 5.91 Å². The zero-order chi connectivity index (χ0) is 20.1. The van der Waals surface area contributed by atoms with E-state index >= 15 is 0 Å². The summed E-state index contributed by atoms with van der Waals surface area (Å²) in [6.45, 7) is 0.613.